The van der Waals surface area contributed by atoms with Crippen molar-refractivity contribution in [2.24, 2.45) is 5.73 Å². The molecular weight excluding hydrogens is 478 g/mol. The van der Waals surface area contributed by atoms with Crippen LogP contribution in [-0.2, 0) is 22.6 Å². The van der Waals surface area contributed by atoms with Crippen molar-refractivity contribution in [2.75, 3.05) is 6.54 Å². The van der Waals surface area contributed by atoms with Gasteiger partial charge in [-0.25, -0.2) is 0 Å². The first kappa shape index (κ1) is 26.8. The van der Waals surface area contributed by atoms with E-state index in [9.17, 15) is 9.59 Å². The van der Waals surface area contributed by atoms with Gasteiger partial charge in [-0.1, -0.05) is 90.1 Å². The van der Waals surface area contributed by atoms with Crippen molar-refractivity contribution in [1.82, 2.24) is 20.8 Å². The van der Waals surface area contributed by atoms with Gasteiger partial charge in [-0.05, 0) is 48.6 Å². The van der Waals surface area contributed by atoms with Gasteiger partial charge in [0, 0.05) is 6.54 Å². The van der Waals surface area contributed by atoms with Gasteiger partial charge in [0.2, 0.25) is 17.7 Å². The summed E-state index contributed by atoms with van der Waals surface area (Å²) in [5.74, 6) is 0.179. The van der Waals surface area contributed by atoms with Gasteiger partial charge >= 0.3 is 0 Å². The lowest BCUT2D eigenvalue weighted by atomic mass is 9.90. The Morgan fingerprint density at radius 3 is 2.03 bits per heavy atom. The second kappa shape index (κ2) is 13.3. The molecule has 4 rings (SSSR count). The van der Waals surface area contributed by atoms with Crippen LogP contribution in [0.25, 0.3) is 0 Å². The Labute approximate surface area is 222 Å². The van der Waals surface area contributed by atoms with Gasteiger partial charge < -0.3 is 20.9 Å². The van der Waals surface area contributed by atoms with E-state index in [-0.39, 0.29) is 11.8 Å². The normalized spacial score (nSPS) is 11.8. The first-order chi connectivity index (χ1) is 18.5. The van der Waals surface area contributed by atoms with Crippen LogP contribution in [0.2, 0.25) is 0 Å². The summed E-state index contributed by atoms with van der Waals surface area (Å²) >= 11 is 0. The number of rotatable bonds is 12. The van der Waals surface area contributed by atoms with E-state index in [0.717, 1.165) is 22.3 Å². The van der Waals surface area contributed by atoms with E-state index in [2.05, 4.69) is 20.8 Å². The number of nitrogens with one attached hydrogen (secondary N) is 2. The fraction of sp³-hybridized carbons (Fsp3) is 0.267. The van der Waals surface area contributed by atoms with Gasteiger partial charge in [-0.3, -0.25) is 9.59 Å². The zero-order valence-electron chi connectivity index (χ0n) is 21.5. The number of benzene rings is 3. The molecule has 1 aromatic heterocycles. The highest BCUT2D eigenvalue weighted by molar-refractivity contribution is 5.92. The number of nitrogens with zero attached hydrogens (tertiary/aromatic N) is 2. The first-order valence-electron chi connectivity index (χ1n) is 12.8. The molecule has 8 nitrogen and oxygen atoms in total. The summed E-state index contributed by atoms with van der Waals surface area (Å²) in [6.45, 7) is 2.56. The van der Waals surface area contributed by atoms with Crippen LogP contribution < -0.4 is 16.4 Å². The standard InChI is InChI=1S/C30H33N5O3/c1-21-33-27(38-35-21)19-22-14-16-23(17-15-22)20-32-29(36)26(13-8-18-31)34-30(37)28(24-9-4-2-5-10-24)25-11-6-3-7-12-25/h2-7,9-12,14-17,26,28H,8,13,18-20,31H2,1H3,(H,32,36)(H,34,37)/t26-/m0/s1. The molecule has 0 bridgehead atoms. The highest BCUT2D eigenvalue weighted by atomic mass is 16.5. The highest BCUT2D eigenvalue weighted by Gasteiger charge is 2.27. The van der Waals surface area contributed by atoms with E-state index in [0.29, 0.717) is 44.1 Å². The molecule has 0 saturated heterocycles. The lowest BCUT2D eigenvalue weighted by molar-refractivity contribution is -0.129. The summed E-state index contributed by atoms with van der Waals surface area (Å²) < 4.78 is 5.18. The maximum absolute atomic E-state index is 13.5. The van der Waals surface area contributed by atoms with E-state index < -0.39 is 12.0 Å². The molecule has 2 amide bonds. The van der Waals surface area contributed by atoms with E-state index in [4.69, 9.17) is 10.3 Å². The zero-order valence-corrected chi connectivity index (χ0v) is 21.5. The summed E-state index contributed by atoms with van der Waals surface area (Å²) in [5.41, 5.74) is 9.43. The fourth-order valence-corrected chi connectivity index (χ4v) is 4.31. The second-order valence-corrected chi connectivity index (χ2v) is 9.19. The predicted octanol–water partition coefficient (Wildman–Crippen LogP) is 3.64. The summed E-state index contributed by atoms with van der Waals surface area (Å²) in [6, 6.07) is 26.3. The number of carbonyl (C=O) groups is 2. The number of hydrogen-bond acceptors (Lipinski definition) is 6. The number of aromatic nitrogens is 2. The van der Waals surface area contributed by atoms with Gasteiger partial charge in [-0.15, -0.1) is 0 Å². The molecule has 0 saturated carbocycles. The maximum atomic E-state index is 13.5. The van der Waals surface area contributed by atoms with Crippen LogP contribution in [0, 0.1) is 6.92 Å². The van der Waals surface area contributed by atoms with Crippen molar-refractivity contribution in [3.63, 3.8) is 0 Å². The SMILES string of the molecule is Cc1noc(Cc2ccc(CNC(=O)[C@H](CCCN)NC(=O)C(c3ccccc3)c3ccccc3)cc2)n1. The van der Waals surface area contributed by atoms with Crippen molar-refractivity contribution < 1.29 is 14.1 Å². The van der Waals surface area contributed by atoms with Crippen LogP contribution in [0.1, 0.15) is 52.7 Å². The van der Waals surface area contributed by atoms with Crippen LogP contribution in [0.15, 0.2) is 89.5 Å². The highest BCUT2D eigenvalue weighted by Crippen LogP contribution is 2.25. The van der Waals surface area contributed by atoms with Crippen LogP contribution in [0.3, 0.4) is 0 Å². The largest absolute Gasteiger partial charge is 0.350 e. The minimum Gasteiger partial charge on any atom is -0.350 e. The van der Waals surface area contributed by atoms with Crippen molar-refractivity contribution in [1.29, 1.82) is 0 Å². The Hall–Kier alpha value is -4.30. The smallest absolute Gasteiger partial charge is 0.242 e. The van der Waals surface area contributed by atoms with E-state index in [1.807, 2.05) is 84.9 Å². The molecule has 0 fully saturated rings. The molecule has 196 valence electrons. The van der Waals surface area contributed by atoms with Crippen LogP contribution in [-0.4, -0.2) is 34.5 Å². The molecule has 1 atom stereocenters. The molecule has 3 aromatic carbocycles. The molecule has 0 spiro atoms. The van der Waals surface area contributed by atoms with Gasteiger partial charge in [0.15, 0.2) is 5.82 Å². The molecule has 0 aliphatic heterocycles. The number of hydrogen-bond donors (Lipinski definition) is 3. The third-order valence-electron chi connectivity index (χ3n) is 6.27. The second-order valence-electron chi connectivity index (χ2n) is 9.19. The monoisotopic (exact) mass is 511 g/mol. The summed E-state index contributed by atoms with van der Waals surface area (Å²) in [5, 5.41) is 9.77. The molecule has 0 aliphatic carbocycles. The lowest BCUT2D eigenvalue weighted by Crippen LogP contribution is -2.48. The Bertz CT molecular complexity index is 1270. The van der Waals surface area contributed by atoms with Gasteiger partial charge in [0.05, 0.1) is 12.3 Å². The number of amides is 2. The summed E-state index contributed by atoms with van der Waals surface area (Å²) in [6.07, 6.45) is 1.61. The predicted molar refractivity (Wildman–Crippen MR) is 145 cm³/mol. The van der Waals surface area contributed by atoms with E-state index >= 15 is 0 Å². The minimum atomic E-state index is -0.694. The first-order valence-corrected chi connectivity index (χ1v) is 12.8. The van der Waals surface area contributed by atoms with E-state index in [1.165, 1.54) is 0 Å². The molecule has 0 aliphatic rings. The van der Waals surface area contributed by atoms with Crippen molar-refractivity contribution in [3.8, 4) is 0 Å². The maximum Gasteiger partial charge on any atom is 0.242 e. The van der Waals surface area contributed by atoms with E-state index in [1.54, 1.807) is 6.92 Å². The number of carbonyl (C=O) groups excluding carboxylic acids is 2. The number of aryl methyl sites for hydroxylation is 1. The zero-order chi connectivity index (χ0) is 26.7. The van der Waals surface area contributed by atoms with Crippen LogP contribution >= 0.6 is 0 Å². The average molecular weight is 512 g/mol. The lowest BCUT2D eigenvalue weighted by Gasteiger charge is -2.23. The Morgan fingerprint density at radius 1 is 0.868 bits per heavy atom. The quantitative estimate of drug-likeness (QED) is 0.267. The topological polar surface area (TPSA) is 123 Å². The molecule has 0 radical (unpaired) electrons. The van der Waals surface area contributed by atoms with Crippen molar-refractivity contribution >= 4 is 11.8 Å². The Balaban J connectivity index is 1.41. The summed E-state index contributed by atoms with van der Waals surface area (Å²) in [7, 11) is 0. The molecule has 0 unspecified atom stereocenters. The fourth-order valence-electron chi connectivity index (χ4n) is 4.31. The Kier molecular flexibility index (Phi) is 9.37. The van der Waals surface area contributed by atoms with Crippen molar-refractivity contribution in [3.05, 3.63) is 119 Å². The molecule has 4 aromatic rings. The van der Waals surface area contributed by atoms with Crippen LogP contribution in [0.4, 0.5) is 0 Å². The molecular formula is C30H33N5O3. The molecule has 1 heterocycles. The minimum absolute atomic E-state index is 0.222. The third kappa shape index (κ3) is 7.36. The average Bonchev–Trinajstić information content (AvgIpc) is 3.36. The van der Waals surface area contributed by atoms with Gasteiger partial charge in [0.1, 0.15) is 6.04 Å². The van der Waals surface area contributed by atoms with Crippen molar-refractivity contribution in [2.45, 2.75) is 44.7 Å². The summed E-state index contributed by atoms with van der Waals surface area (Å²) in [4.78, 5) is 30.9. The van der Waals surface area contributed by atoms with Crippen LogP contribution in [0.5, 0.6) is 0 Å². The third-order valence-corrected chi connectivity index (χ3v) is 6.27. The molecule has 8 heteroatoms. The molecule has 38 heavy (non-hydrogen) atoms. The Morgan fingerprint density at radius 2 is 1.47 bits per heavy atom. The molecule has 4 N–H and O–H groups in total. The van der Waals surface area contributed by atoms with Gasteiger partial charge in [-0.2, -0.15) is 4.98 Å². The number of nitrogens with two attached hydrogens (primary N) is 1. The van der Waals surface area contributed by atoms with Gasteiger partial charge in [0.25, 0.3) is 0 Å².